The Bertz CT molecular complexity index is 870. The Labute approximate surface area is 185 Å². The first-order valence-electron chi connectivity index (χ1n) is 11.1. The predicted molar refractivity (Wildman–Crippen MR) is 123 cm³/mol. The molecule has 4 unspecified atom stereocenters. The third-order valence-electron chi connectivity index (χ3n) is 6.95. The normalized spacial score (nSPS) is 26.0. The number of hydrogen-bond donors (Lipinski definition) is 1. The van der Waals surface area contributed by atoms with Crippen molar-refractivity contribution in [2.24, 2.45) is 11.7 Å². The SMILES string of the molecule is CCCCC1CN2CC(c3ccc(Cl)cc3)c3cc(OC)c(OC)cc3C2CC1N. The number of benzene rings is 2. The molecular weight excluding hydrogens is 396 g/mol. The maximum absolute atomic E-state index is 6.68. The third kappa shape index (κ3) is 4.05. The molecule has 5 heteroatoms. The number of unbranched alkanes of at least 4 members (excludes halogenated alkanes) is 1. The molecule has 0 radical (unpaired) electrons. The minimum absolute atomic E-state index is 0.242. The van der Waals surface area contributed by atoms with Gasteiger partial charge in [0.15, 0.2) is 11.5 Å². The molecule has 4 rings (SSSR count). The van der Waals surface area contributed by atoms with Crippen LogP contribution in [0, 0.1) is 5.92 Å². The van der Waals surface area contributed by atoms with Crippen molar-refractivity contribution >= 4 is 11.6 Å². The Morgan fingerprint density at radius 2 is 1.70 bits per heavy atom. The lowest BCUT2D eigenvalue weighted by Crippen LogP contribution is -2.51. The minimum Gasteiger partial charge on any atom is -0.493 e. The van der Waals surface area contributed by atoms with Crippen LogP contribution in [0.4, 0.5) is 0 Å². The fourth-order valence-corrected chi connectivity index (χ4v) is 5.40. The van der Waals surface area contributed by atoms with Gasteiger partial charge in [0.2, 0.25) is 0 Å². The van der Waals surface area contributed by atoms with Crippen LogP contribution < -0.4 is 15.2 Å². The number of halogens is 1. The van der Waals surface area contributed by atoms with E-state index in [0.29, 0.717) is 12.0 Å². The molecule has 2 aromatic carbocycles. The highest BCUT2D eigenvalue weighted by Crippen LogP contribution is 2.48. The summed E-state index contributed by atoms with van der Waals surface area (Å²) in [6, 6.07) is 13.2. The molecule has 2 aliphatic rings. The van der Waals surface area contributed by atoms with Gasteiger partial charge < -0.3 is 15.2 Å². The fourth-order valence-electron chi connectivity index (χ4n) is 5.27. The molecule has 4 atom stereocenters. The van der Waals surface area contributed by atoms with E-state index >= 15 is 0 Å². The Morgan fingerprint density at radius 1 is 1.03 bits per heavy atom. The maximum Gasteiger partial charge on any atom is 0.161 e. The summed E-state index contributed by atoms with van der Waals surface area (Å²) in [7, 11) is 3.40. The van der Waals surface area contributed by atoms with Crippen molar-refractivity contribution in [1.82, 2.24) is 4.90 Å². The number of rotatable bonds is 6. The highest BCUT2D eigenvalue weighted by atomic mass is 35.5. The van der Waals surface area contributed by atoms with Crippen molar-refractivity contribution in [2.45, 2.75) is 50.6 Å². The van der Waals surface area contributed by atoms with Gasteiger partial charge in [-0.3, -0.25) is 4.90 Å². The lowest BCUT2D eigenvalue weighted by Gasteiger charge is -2.48. The van der Waals surface area contributed by atoms with Crippen LogP contribution in [0.5, 0.6) is 11.5 Å². The van der Waals surface area contributed by atoms with Gasteiger partial charge in [0.05, 0.1) is 14.2 Å². The van der Waals surface area contributed by atoms with E-state index < -0.39 is 0 Å². The van der Waals surface area contributed by atoms with Gasteiger partial charge in [-0.25, -0.2) is 0 Å². The van der Waals surface area contributed by atoms with Gasteiger partial charge in [-0.1, -0.05) is 43.5 Å². The van der Waals surface area contributed by atoms with E-state index in [1.54, 1.807) is 14.2 Å². The van der Waals surface area contributed by atoms with Crippen LogP contribution in [0.25, 0.3) is 0 Å². The molecule has 162 valence electrons. The summed E-state index contributed by atoms with van der Waals surface area (Å²) < 4.78 is 11.3. The van der Waals surface area contributed by atoms with Gasteiger partial charge in [0.25, 0.3) is 0 Å². The first-order valence-corrected chi connectivity index (χ1v) is 11.4. The molecule has 0 spiro atoms. The predicted octanol–water partition coefficient (Wildman–Crippen LogP) is 5.38. The van der Waals surface area contributed by atoms with Crippen LogP contribution in [-0.2, 0) is 0 Å². The molecule has 1 saturated heterocycles. The summed E-state index contributed by atoms with van der Waals surface area (Å²) in [4.78, 5) is 2.65. The molecular formula is C25H33ClN2O2. The molecule has 2 aliphatic heterocycles. The Hall–Kier alpha value is -1.75. The molecule has 30 heavy (non-hydrogen) atoms. The molecule has 0 bridgehead atoms. The molecule has 2 heterocycles. The summed E-state index contributed by atoms with van der Waals surface area (Å²) >= 11 is 6.17. The van der Waals surface area contributed by atoms with Gasteiger partial charge in [-0.15, -0.1) is 0 Å². The van der Waals surface area contributed by atoms with E-state index in [4.69, 9.17) is 26.8 Å². The number of methoxy groups -OCH3 is 2. The second-order valence-electron chi connectivity index (χ2n) is 8.71. The van der Waals surface area contributed by atoms with Crippen molar-refractivity contribution in [3.63, 3.8) is 0 Å². The number of fused-ring (bicyclic) bond motifs is 3. The van der Waals surface area contributed by atoms with Crippen molar-refractivity contribution in [1.29, 1.82) is 0 Å². The number of ether oxygens (including phenoxy) is 2. The summed E-state index contributed by atoms with van der Waals surface area (Å²) in [5.74, 6) is 2.41. The van der Waals surface area contributed by atoms with E-state index in [9.17, 15) is 0 Å². The topological polar surface area (TPSA) is 47.7 Å². The number of nitrogens with zero attached hydrogens (tertiary/aromatic N) is 1. The van der Waals surface area contributed by atoms with E-state index in [-0.39, 0.29) is 12.0 Å². The maximum atomic E-state index is 6.68. The highest BCUT2D eigenvalue weighted by Gasteiger charge is 2.41. The smallest absolute Gasteiger partial charge is 0.161 e. The second kappa shape index (κ2) is 9.17. The van der Waals surface area contributed by atoms with Crippen molar-refractivity contribution in [2.75, 3.05) is 27.3 Å². The number of piperidine rings is 1. The molecule has 2 aromatic rings. The average Bonchev–Trinajstić information content (AvgIpc) is 2.77. The average molecular weight is 429 g/mol. The van der Waals surface area contributed by atoms with E-state index in [1.165, 1.54) is 36.0 Å². The standard InChI is InChI=1S/C25H33ClN2O2/c1-4-5-6-17-14-28-15-21(16-7-9-18(26)10-8-16)19-11-24(29-2)25(30-3)12-20(19)23(28)13-22(17)27/h7-12,17,21-23H,4-6,13-15,27H2,1-3H3. The lowest BCUT2D eigenvalue weighted by atomic mass is 9.75. The van der Waals surface area contributed by atoms with Crippen LogP contribution >= 0.6 is 11.6 Å². The lowest BCUT2D eigenvalue weighted by molar-refractivity contribution is 0.0728. The van der Waals surface area contributed by atoms with Crippen LogP contribution in [0.1, 0.15) is 61.3 Å². The van der Waals surface area contributed by atoms with Crippen LogP contribution in [0.15, 0.2) is 36.4 Å². The number of hydrogen-bond acceptors (Lipinski definition) is 4. The monoisotopic (exact) mass is 428 g/mol. The van der Waals surface area contributed by atoms with Gasteiger partial charge in [0, 0.05) is 36.1 Å². The molecule has 0 aromatic heterocycles. The molecule has 0 amide bonds. The van der Waals surface area contributed by atoms with Crippen LogP contribution in [-0.4, -0.2) is 38.3 Å². The first-order chi connectivity index (χ1) is 14.5. The molecule has 4 nitrogen and oxygen atoms in total. The Morgan fingerprint density at radius 3 is 2.33 bits per heavy atom. The van der Waals surface area contributed by atoms with E-state index in [2.05, 4.69) is 36.1 Å². The molecule has 1 fully saturated rings. The molecule has 2 N–H and O–H groups in total. The van der Waals surface area contributed by atoms with Crippen molar-refractivity contribution in [3.8, 4) is 11.5 Å². The second-order valence-corrected chi connectivity index (χ2v) is 9.15. The summed E-state index contributed by atoms with van der Waals surface area (Å²) in [5, 5.41) is 0.767. The largest absolute Gasteiger partial charge is 0.493 e. The van der Waals surface area contributed by atoms with E-state index in [1.807, 2.05) is 12.1 Å². The van der Waals surface area contributed by atoms with Crippen LogP contribution in [0.3, 0.4) is 0 Å². The molecule has 0 aliphatic carbocycles. The minimum atomic E-state index is 0.242. The number of nitrogens with two attached hydrogens (primary N) is 1. The van der Waals surface area contributed by atoms with Crippen LogP contribution in [0.2, 0.25) is 5.02 Å². The Balaban J connectivity index is 1.76. The van der Waals surface area contributed by atoms with Gasteiger partial charge in [-0.2, -0.15) is 0 Å². The first kappa shape index (κ1) is 21.5. The summed E-state index contributed by atoms with van der Waals surface area (Å²) in [5.41, 5.74) is 10.6. The van der Waals surface area contributed by atoms with E-state index in [0.717, 1.165) is 36.0 Å². The van der Waals surface area contributed by atoms with Gasteiger partial charge >= 0.3 is 0 Å². The molecule has 0 saturated carbocycles. The van der Waals surface area contributed by atoms with Crippen molar-refractivity contribution < 1.29 is 9.47 Å². The van der Waals surface area contributed by atoms with Gasteiger partial charge in [-0.05, 0) is 59.7 Å². The highest BCUT2D eigenvalue weighted by molar-refractivity contribution is 6.30. The fraction of sp³-hybridized carbons (Fsp3) is 0.520. The zero-order valence-corrected chi connectivity index (χ0v) is 19.0. The quantitative estimate of drug-likeness (QED) is 0.670. The van der Waals surface area contributed by atoms with Gasteiger partial charge in [0.1, 0.15) is 0 Å². The Kier molecular flexibility index (Phi) is 6.57. The van der Waals surface area contributed by atoms with Crippen molar-refractivity contribution in [3.05, 3.63) is 58.1 Å². The third-order valence-corrected chi connectivity index (χ3v) is 7.20. The zero-order chi connectivity index (χ0) is 21.3. The zero-order valence-electron chi connectivity index (χ0n) is 18.2. The summed E-state index contributed by atoms with van der Waals surface area (Å²) in [6.45, 7) is 4.30. The summed E-state index contributed by atoms with van der Waals surface area (Å²) in [6.07, 6.45) is 4.68.